The number of ether oxygens (including phenoxy) is 1. The van der Waals surface area contributed by atoms with Gasteiger partial charge in [-0.1, -0.05) is 25.4 Å². The number of rotatable bonds is 4. The van der Waals surface area contributed by atoms with Gasteiger partial charge in [0.2, 0.25) is 0 Å². The number of hydrogen-bond donors (Lipinski definition) is 0. The van der Waals surface area contributed by atoms with Crippen molar-refractivity contribution in [3.63, 3.8) is 0 Å². The minimum atomic E-state index is -0.104. The van der Waals surface area contributed by atoms with Crippen molar-refractivity contribution < 1.29 is 4.74 Å². The zero-order valence-electron chi connectivity index (χ0n) is 10.7. The van der Waals surface area contributed by atoms with Crippen LogP contribution in [0.1, 0.15) is 37.8 Å². The molecule has 0 heterocycles. The molecule has 0 fully saturated rings. The summed E-state index contributed by atoms with van der Waals surface area (Å²) < 4.78 is 5.65. The molecule has 1 aromatic rings. The third kappa shape index (κ3) is 3.64. The molecule has 1 atom stereocenters. The summed E-state index contributed by atoms with van der Waals surface area (Å²) in [5.41, 5.74) is 2.08. The molecule has 0 aromatic heterocycles. The van der Waals surface area contributed by atoms with Crippen LogP contribution in [0.2, 0.25) is 5.02 Å². The maximum absolute atomic E-state index is 8.72. The van der Waals surface area contributed by atoms with Crippen LogP contribution in [0.4, 0.5) is 0 Å². The Labute approximate surface area is 108 Å². The van der Waals surface area contributed by atoms with E-state index in [1.54, 1.807) is 0 Å². The van der Waals surface area contributed by atoms with Gasteiger partial charge in [-0.25, -0.2) is 0 Å². The van der Waals surface area contributed by atoms with Gasteiger partial charge in [0.1, 0.15) is 12.4 Å². The van der Waals surface area contributed by atoms with Crippen molar-refractivity contribution in [1.82, 2.24) is 0 Å². The molecule has 0 aliphatic carbocycles. The van der Waals surface area contributed by atoms with E-state index in [0.29, 0.717) is 12.5 Å². The summed E-state index contributed by atoms with van der Waals surface area (Å²) in [6, 6.07) is 6.05. The van der Waals surface area contributed by atoms with E-state index in [9.17, 15) is 0 Å². The third-order valence-corrected chi connectivity index (χ3v) is 2.95. The molecule has 1 rings (SSSR count). The largest absolute Gasteiger partial charge is 0.492 e. The van der Waals surface area contributed by atoms with Crippen molar-refractivity contribution >= 4 is 11.6 Å². The second-order valence-corrected chi connectivity index (χ2v) is 5.04. The topological polar surface area (TPSA) is 33.0 Å². The third-order valence-electron chi connectivity index (χ3n) is 2.63. The average Bonchev–Trinajstić information content (AvgIpc) is 2.26. The Morgan fingerprint density at radius 3 is 2.53 bits per heavy atom. The van der Waals surface area contributed by atoms with Gasteiger partial charge in [-0.15, -0.1) is 0 Å². The number of halogens is 1. The summed E-state index contributed by atoms with van der Waals surface area (Å²) in [6.07, 6.45) is 0. The van der Waals surface area contributed by atoms with Gasteiger partial charge in [0.05, 0.1) is 12.0 Å². The van der Waals surface area contributed by atoms with Crippen LogP contribution in [-0.2, 0) is 0 Å². The minimum Gasteiger partial charge on any atom is -0.492 e. The maximum Gasteiger partial charge on any atom is 0.122 e. The molecule has 0 N–H and O–H groups in total. The average molecular weight is 252 g/mol. The van der Waals surface area contributed by atoms with Crippen molar-refractivity contribution in [1.29, 1.82) is 5.26 Å². The minimum absolute atomic E-state index is 0.104. The first-order valence-corrected chi connectivity index (χ1v) is 6.16. The van der Waals surface area contributed by atoms with Gasteiger partial charge in [0.15, 0.2) is 0 Å². The Hall–Kier alpha value is -1.20. The fourth-order valence-corrected chi connectivity index (χ4v) is 1.95. The van der Waals surface area contributed by atoms with E-state index < -0.39 is 0 Å². The van der Waals surface area contributed by atoms with E-state index in [2.05, 4.69) is 19.9 Å². The highest BCUT2D eigenvalue weighted by Crippen LogP contribution is 2.31. The molecule has 1 aromatic carbocycles. The normalized spacial score (nSPS) is 12.3. The second kappa shape index (κ2) is 5.93. The van der Waals surface area contributed by atoms with Crippen molar-refractivity contribution in [2.24, 2.45) is 5.92 Å². The lowest BCUT2D eigenvalue weighted by Crippen LogP contribution is -2.07. The lowest BCUT2D eigenvalue weighted by atomic mass is 10.0. The summed E-state index contributed by atoms with van der Waals surface area (Å²) >= 11 is 6.18. The van der Waals surface area contributed by atoms with Gasteiger partial charge in [-0.2, -0.15) is 5.26 Å². The zero-order valence-corrected chi connectivity index (χ0v) is 11.5. The molecule has 0 amide bonds. The van der Waals surface area contributed by atoms with E-state index in [4.69, 9.17) is 21.6 Å². The van der Waals surface area contributed by atoms with Crippen LogP contribution < -0.4 is 4.74 Å². The van der Waals surface area contributed by atoms with Gasteiger partial charge in [0.25, 0.3) is 0 Å². The van der Waals surface area contributed by atoms with E-state index in [-0.39, 0.29) is 5.92 Å². The molecule has 3 heteroatoms. The van der Waals surface area contributed by atoms with Crippen molar-refractivity contribution in [3.05, 3.63) is 28.3 Å². The highest BCUT2D eigenvalue weighted by atomic mass is 35.5. The number of nitriles is 1. The first-order valence-electron chi connectivity index (χ1n) is 5.78. The maximum atomic E-state index is 8.72. The van der Waals surface area contributed by atoms with Gasteiger partial charge < -0.3 is 4.74 Å². The summed E-state index contributed by atoms with van der Waals surface area (Å²) in [5, 5.41) is 9.49. The number of benzene rings is 1. The summed E-state index contributed by atoms with van der Waals surface area (Å²) in [7, 11) is 0. The lowest BCUT2D eigenvalue weighted by Gasteiger charge is -2.15. The Bertz CT molecular complexity index is 435. The molecule has 0 saturated heterocycles. The predicted octanol–water partition coefficient (Wildman–Crippen LogP) is 4.31. The van der Waals surface area contributed by atoms with Crippen LogP contribution in [0.15, 0.2) is 12.1 Å². The fourth-order valence-electron chi connectivity index (χ4n) is 1.52. The van der Waals surface area contributed by atoms with Crippen molar-refractivity contribution in [3.8, 4) is 11.8 Å². The standard InChI is InChI=1S/C14H18ClNO/c1-9(2)12-6-14(11(4)5-13(12)15)17-8-10(3)7-16/h5-6,9-10H,8H2,1-4H3. The van der Waals surface area contributed by atoms with Gasteiger partial charge in [0, 0.05) is 5.02 Å². The van der Waals surface area contributed by atoms with Gasteiger partial charge >= 0.3 is 0 Å². The van der Waals surface area contributed by atoms with Crippen LogP contribution in [0.5, 0.6) is 5.75 Å². The Morgan fingerprint density at radius 2 is 2.00 bits per heavy atom. The van der Waals surface area contributed by atoms with Crippen LogP contribution in [0.25, 0.3) is 0 Å². The molecule has 92 valence electrons. The van der Waals surface area contributed by atoms with Crippen LogP contribution in [-0.4, -0.2) is 6.61 Å². The first-order chi connectivity index (χ1) is 7.95. The Morgan fingerprint density at radius 1 is 1.35 bits per heavy atom. The quantitative estimate of drug-likeness (QED) is 0.799. The molecule has 0 spiro atoms. The monoisotopic (exact) mass is 251 g/mol. The van der Waals surface area contributed by atoms with Gasteiger partial charge in [-0.3, -0.25) is 0 Å². The molecule has 17 heavy (non-hydrogen) atoms. The predicted molar refractivity (Wildman–Crippen MR) is 70.6 cm³/mol. The summed E-state index contributed by atoms with van der Waals surface area (Å²) in [5.74, 6) is 1.08. The summed E-state index contributed by atoms with van der Waals surface area (Å²) in [6.45, 7) is 8.41. The second-order valence-electron chi connectivity index (χ2n) is 4.64. The van der Waals surface area contributed by atoms with E-state index in [1.165, 1.54) is 0 Å². The van der Waals surface area contributed by atoms with E-state index in [0.717, 1.165) is 21.9 Å². The molecular weight excluding hydrogens is 234 g/mol. The van der Waals surface area contributed by atoms with Crippen molar-refractivity contribution in [2.45, 2.75) is 33.6 Å². The molecule has 0 radical (unpaired) electrons. The molecule has 1 unspecified atom stereocenters. The Balaban J connectivity index is 2.93. The van der Waals surface area contributed by atoms with E-state index in [1.807, 2.05) is 26.0 Å². The van der Waals surface area contributed by atoms with Crippen molar-refractivity contribution in [2.75, 3.05) is 6.61 Å². The highest BCUT2D eigenvalue weighted by Gasteiger charge is 2.11. The van der Waals surface area contributed by atoms with Crippen LogP contribution in [0, 0.1) is 24.2 Å². The zero-order chi connectivity index (χ0) is 13.0. The molecule has 0 saturated carbocycles. The molecule has 2 nitrogen and oxygen atoms in total. The molecule has 0 aliphatic rings. The SMILES string of the molecule is Cc1cc(Cl)c(C(C)C)cc1OCC(C)C#N. The number of hydrogen-bond acceptors (Lipinski definition) is 2. The number of nitrogens with zero attached hydrogens (tertiary/aromatic N) is 1. The smallest absolute Gasteiger partial charge is 0.122 e. The molecular formula is C14H18ClNO. The first kappa shape index (κ1) is 13.9. The number of aryl methyl sites for hydroxylation is 1. The molecule has 0 bridgehead atoms. The summed E-state index contributed by atoms with van der Waals surface area (Å²) in [4.78, 5) is 0. The fraction of sp³-hybridized carbons (Fsp3) is 0.500. The lowest BCUT2D eigenvalue weighted by molar-refractivity contribution is 0.286. The van der Waals surface area contributed by atoms with Crippen LogP contribution >= 0.6 is 11.6 Å². The Kier molecular flexibility index (Phi) is 4.84. The van der Waals surface area contributed by atoms with Crippen LogP contribution in [0.3, 0.4) is 0 Å². The molecule has 0 aliphatic heterocycles. The highest BCUT2D eigenvalue weighted by molar-refractivity contribution is 6.31. The van der Waals surface area contributed by atoms with E-state index >= 15 is 0 Å². The van der Waals surface area contributed by atoms with Gasteiger partial charge in [-0.05, 0) is 43.0 Å².